The van der Waals surface area contributed by atoms with E-state index in [2.05, 4.69) is 29.0 Å². The van der Waals surface area contributed by atoms with Crippen LogP contribution in [0, 0.1) is 24.7 Å². The lowest BCUT2D eigenvalue weighted by Crippen LogP contribution is -2.30. The number of carbonyl (C=O) groups excluding carboxylic acids is 1. The Labute approximate surface area is 130 Å². The largest absolute Gasteiger partial charge is 0.351 e. The highest BCUT2D eigenvalue weighted by molar-refractivity contribution is 7.14. The van der Waals surface area contributed by atoms with E-state index in [1.807, 2.05) is 13.0 Å². The summed E-state index contributed by atoms with van der Waals surface area (Å²) in [5.41, 5.74) is 6.43. The van der Waals surface area contributed by atoms with E-state index in [-0.39, 0.29) is 5.91 Å². The molecule has 0 bridgehead atoms. The van der Waals surface area contributed by atoms with Gasteiger partial charge in [0.2, 0.25) is 0 Å². The van der Waals surface area contributed by atoms with Crippen molar-refractivity contribution in [1.82, 2.24) is 10.2 Å². The van der Waals surface area contributed by atoms with Crippen molar-refractivity contribution in [3.63, 3.8) is 0 Å². The summed E-state index contributed by atoms with van der Waals surface area (Å²) >= 11 is 1.44. The molecule has 4 nitrogen and oxygen atoms in total. The molecule has 2 heterocycles. The number of nitrogens with two attached hydrogens (primary N) is 1. The number of aryl methyl sites for hydroxylation is 1. The van der Waals surface area contributed by atoms with Crippen LogP contribution in [-0.2, 0) is 0 Å². The fourth-order valence-electron chi connectivity index (χ4n) is 2.54. The van der Waals surface area contributed by atoms with Gasteiger partial charge in [0, 0.05) is 13.1 Å². The van der Waals surface area contributed by atoms with E-state index in [4.69, 9.17) is 5.73 Å². The monoisotopic (exact) mass is 305 g/mol. The summed E-state index contributed by atoms with van der Waals surface area (Å²) in [4.78, 5) is 16.3. The highest BCUT2D eigenvalue weighted by Crippen LogP contribution is 2.21. The molecule has 1 aromatic heterocycles. The number of hydrogen-bond acceptors (Lipinski definition) is 4. The summed E-state index contributed by atoms with van der Waals surface area (Å²) in [5.74, 6) is 6.44. The molecule has 1 amide bonds. The van der Waals surface area contributed by atoms with Crippen molar-refractivity contribution < 1.29 is 4.79 Å². The van der Waals surface area contributed by atoms with Crippen LogP contribution in [-0.4, -0.2) is 43.5 Å². The van der Waals surface area contributed by atoms with Gasteiger partial charge >= 0.3 is 0 Å². The lowest BCUT2D eigenvalue weighted by Gasteiger charge is -2.13. The molecule has 3 N–H and O–H groups in total. The normalized spacial score (nSPS) is 18.3. The van der Waals surface area contributed by atoms with Gasteiger partial charge in [-0.25, -0.2) is 0 Å². The molecule has 2 rings (SSSR count). The minimum Gasteiger partial charge on any atom is -0.351 e. The molecule has 0 radical (unpaired) electrons. The number of carbonyl (C=O) groups is 1. The van der Waals surface area contributed by atoms with Crippen LogP contribution in [0.25, 0.3) is 0 Å². The second kappa shape index (κ2) is 7.60. The van der Waals surface area contributed by atoms with Crippen molar-refractivity contribution in [2.75, 3.05) is 32.7 Å². The van der Waals surface area contributed by atoms with Crippen molar-refractivity contribution in [2.24, 2.45) is 11.7 Å². The molecule has 1 aliphatic heterocycles. The molecule has 1 atom stereocenters. The van der Waals surface area contributed by atoms with E-state index < -0.39 is 0 Å². The fraction of sp³-hybridized carbons (Fsp3) is 0.562. The zero-order valence-corrected chi connectivity index (χ0v) is 13.6. The first kappa shape index (κ1) is 16.0. The molecule has 1 aromatic rings. The van der Waals surface area contributed by atoms with Gasteiger partial charge in [-0.15, -0.1) is 11.3 Å². The third-order valence-electron chi connectivity index (χ3n) is 3.81. The zero-order valence-electron chi connectivity index (χ0n) is 12.7. The molecular weight excluding hydrogens is 282 g/mol. The summed E-state index contributed by atoms with van der Waals surface area (Å²) in [6.07, 6.45) is 1.17. The van der Waals surface area contributed by atoms with Gasteiger partial charge in [-0.05, 0) is 44.0 Å². The maximum absolute atomic E-state index is 12.2. The summed E-state index contributed by atoms with van der Waals surface area (Å²) < 4.78 is 0. The van der Waals surface area contributed by atoms with Crippen LogP contribution in [0.5, 0.6) is 0 Å². The minimum absolute atomic E-state index is 0.0128. The van der Waals surface area contributed by atoms with Crippen molar-refractivity contribution in [3.05, 3.63) is 21.4 Å². The minimum atomic E-state index is 0.0128. The Morgan fingerprint density at radius 2 is 2.43 bits per heavy atom. The predicted octanol–water partition coefficient (Wildman–Crippen LogP) is 1.44. The quantitative estimate of drug-likeness (QED) is 0.828. The lowest BCUT2D eigenvalue weighted by molar-refractivity contribution is 0.0951. The van der Waals surface area contributed by atoms with Gasteiger partial charge in [-0.2, -0.15) is 0 Å². The highest BCUT2D eigenvalue weighted by atomic mass is 32.1. The number of nitrogens with one attached hydrogen (secondary N) is 1. The SMILES string of the molecule is CCN1CCC(CNC(=O)c2cc(C)c(C#CCN)s2)C1. The molecule has 114 valence electrons. The maximum atomic E-state index is 12.2. The first-order valence-corrected chi connectivity index (χ1v) is 8.25. The van der Waals surface area contributed by atoms with Crippen LogP contribution in [0.1, 0.15) is 33.5 Å². The van der Waals surface area contributed by atoms with Gasteiger partial charge in [0.05, 0.1) is 16.3 Å². The number of amides is 1. The predicted molar refractivity (Wildman–Crippen MR) is 87.5 cm³/mol. The molecule has 1 saturated heterocycles. The van der Waals surface area contributed by atoms with E-state index in [9.17, 15) is 4.79 Å². The Morgan fingerprint density at radius 1 is 1.62 bits per heavy atom. The van der Waals surface area contributed by atoms with E-state index >= 15 is 0 Å². The van der Waals surface area contributed by atoms with Crippen LogP contribution < -0.4 is 11.1 Å². The number of nitrogens with zero attached hydrogens (tertiary/aromatic N) is 1. The van der Waals surface area contributed by atoms with E-state index in [1.165, 1.54) is 17.8 Å². The van der Waals surface area contributed by atoms with Crippen molar-refractivity contribution in [1.29, 1.82) is 0 Å². The van der Waals surface area contributed by atoms with Crippen molar-refractivity contribution in [3.8, 4) is 11.8 Å². The van der Waals surface area contributed by atoms with Crippen molar-refractivity contribution in [2.45, 2.75) is 20.3 Å². The van der Waals surface area contributed by atoms with Gasteiger partial charge in [0.1, 0.15) is 0 Å². The van der Waals surface area contributed by atoms with Gasteiger partial charge in [-0.3, -0.25) is 4.79 Å². The maximum Gasteiger partial charge on any atom is 0.261 e. The summed E-state index contributed by atoms with van der Waals surface area (Å²) in [5, 5.41) is 3.05. The molecule has 1 unspecified atom stereocenters. The molecule has 0 aromatic carbocycles. The standard InChI is InChI=1S/C16H23N3OS/c1-3-19-8-6-13(11-19)10-18-16(20)15-9-12(2)14(21-15)5-4-7-17/h9,13H,3,6-8,10-11,17H2,1-2H3,(H,18,20). The number of thiophene rings is 1. The van der Waals surface area contributed by atoms with E-state index in [0.717, 1.165) is 41.5 Å². The molecular formula is C16H23N3OS. The number of hydrogen-bond donors (Lipinski definition) is 2. The van der Waals surface area contributed by atoms with Crippen molar-refractivity contribution >= 4 is 17.2 Å². The summed E-state index contributed by atoms with van der Waals surface area (Å²) in [6, 6.07) is 1.91. The van der Waals surface area contributed by atoms with E-state index in [0.29, 0.717) is 12.5 Å². The zero-order chi connectivity index (χ0) is 15.2. The molecule has 1 fully saturated rings. The van der Waals surface area contributed by atoms with Gasteiger partial charge in [-0.1, -0.05) is 18.8 Å². The average Bonchev–Trinajstić information content (AvgIpc) is 3.09. The molecule has 21 heavy (non-hydrogen) atoms. The molecule has 0 saturated carbocycles. The second-order valence-electron chi connectivity index (χ2n) is 5.39. The smallest absolute Gasteiger partial charge is 0.261 e. The Kier molecular flexibility index (Phi) is 5.80. The first-order chi connectivity index (χ1) is 10.1. The molecule has 0 spiro atoms. The van der Waals surface area contributed by atoms with Crippen LogP contribution >= 0.6 is 11.3 Å². The Hall–Kier alpha value is -1.35. The van der Waals surface area contributed by atoms with Gasteiger partial charge in [0.15, 0.2) is 0 Å². The number of rotatable bonds is 4. The second-order valence-corrected chi connectivity index (χ2v) is 6.44. The van der Waals surface area contributed by atoms with Gasteiger partial charge in [0.25, 0.3) is 5.91 Å². The average molecular weight is 305 g/mol. The number of likely N-dealkylation sites (tertiary alicyclic amines) is 1. The van der Waals surface area contributed by atoms with E-state index in [1.54, 1.807) is 0 Å². The Bertz CT molecular complexity index is 556. The molecule has 1 aliphatic rings. The lowest BCUT2D eigenvalue weighted by atomic mass is 10.1. The van der Waals surface area contributed by atoms with Crippen LogP contribution in [0.2, 0.25) is 0 Å². The molecule has 5 heteroatoms. The highest BCUT2D eigenvalue weighted by Gasteiger charge is 2.22. The van der Waals surface area contributed by atoms with Gasteiger partial charge < -0.3 is 16.0 Å². The first-order valence-electron chi connectivity index (χ1n) is 7.44. The Morgan fingerprint density at radius 3 is 3.10 bits per heavy atom. The third kappa shape index (κ3) is 4.31. The van der Waals surface area contributed by atoms with Crippen LogP contribution in [0.4, 0.5) is 0 Å². The molecule has 0 aliphatic carbocycles. The Balaban J connectivity index is 1.89. The van der Waals surface area contributed by atoms with Crippen LogP contribution in [0.15, 0.2) is 6.07 Å². The fourth-order valence-corrected chi connectivity index (χ4v) is 3.50. The topological polar surface area (TPSA) is 58.4 Å². The summed E-state index contributed by atoms with van der Waals surface area (Å²) in [6.45, 7) is 8.59. The summed E-state index contributed by atoms with van der Waals surface area (Å²) in [7, 11) is 0. The third-order valence-corrected chi connectivity index (χ3v) is 4.97. The van der Waals surface area contributed by atoms with Crippen LogP contribution in [0.3, 0.4) is 0 Å².